The van der Waals surface area contributed by atoms with Crippen LogP contribution in [0.25, 0.3) is 0 Å². The third kappa shape index (κ3) is 3.57. The molecular weight excluding hydrogens is 290 g/mol. The maximum atomic E-state index is 11.7. The summed E-state index contributed by atoms with van der Waals surface area (Å²) in [5.74, 6) is -1.12. The van der Waals surface area contributed by atoms with Crippen molar-refractivity contribution in [2.24, 2.45) is 5.10 Å². The minimum atomic E-state index is -0.637. The Morgan fingerprint density at radius 2 is 2.05 bits per heavy atom. The number of carbonyl (C=O) groups excluding carboxylic acids is 1. The van der Waals surface area contributed by atoms with Gasteiger partial charge < -0.3 is 10.2 Å². The smallest absolute Gasteiger partial charge is 0.271 e. The average molecular weight is 300 g/mol. The highest BCUT2D eigenvalue weighted by atomic mass is 16.6. The molecule has 8 nitrogen and oxygen atoms in total. The number of carbonyl (C=O) groups is 1. The summed E-state index contributed by atoms with van der Waals surface area (Å²) >= 11 is 0. The highest BCUT2D eigenvalue weighted by Gasteiger charge is 2.06. The Morgan fingerprint density at radius 3 is 2.73 bits per heavy atom. The number of phenolic OH excluding ortho intramolecular Hbond substituents is 1. The van der Waals surface area contributed by atoms with E-state index in [1.807, 2.05) is 0 Å². The monoisotopic (exact) mass is 300 g/mol. The van der Waals surface area contributed by atoms with Gasteiger partial charge in [-0.25, -0.2) is 5.43 Å². The molecule has 8 heteroatoms. The number of nitro groups is 1. The van der Waals surface area contributed by atoms with Gasteiger partial charge in [0, 0.05) is 17.7 Å². The third-order valence-corrected chi connectivity index (χ3v) is 2.68. The van der Waals surface area contributed by atoms with E-state index in [-0.39, 0.29) is 22.6 Å². The lowest BCUT2D eigenvalue weighted by Crippen LogP contribution is -2.17. The number of benzene rings is 2. The van der Waals surface area contributed by atoms with Gasteiger partial charge in [-0.1, -0.05) is 17.9 Å². The van der Waals surface area contributed by atoms with Crippen molar-refractivity contribution in [2.45, 2.75) is 0 Å². The van der Waals surface area contributed by atoms with Gasteiger partial charge in [0.25, 0.3) is 11.6 Å². The Labute approximate surface area is 124 Å². The molecule has 0 fully saturated rings. The summed E-state index contributed by atoms with van der Waals surface area (Å²) in [6, 6.07) is 8.82. The topological polar surface area (TPSA) is 128 Å². The van der Waals surface area contributed by atoms with Gasteiger partial charge >= 0.3 is 0 Å². The van der Waals surface area contributed by atoms with Crippen LogP contribution in [-0.4, -0.2) is 22.2 Å². The number of nitrogens with zero attached hydrogens (tertiary/aromatic N) is 2. The first-order valence-corrected chi connectivity index (χ1v) is 6.05. The van der Waals surface area contributed by atoms with E-state index in [1.54, 1.807) is 0 Å². The fraction of sp³-hybridized carbons (Fsp3) is 0. The lowest BCUT2D eigenvalue weighted by atomic mass is 10.2. The number of aromatic hydroxyl groups is 1. The van der Waals surface area contributed by atoms with Gasteiger partial charge in [-0.3, -0.25) is 14.9 Å². The molecule has 0 aliphatic carbocycles. The lowest BCUT2D eigenvalue weighted by Gasteiger charge is -2.08. The zero-order valence-corrected chi connectivity index (χ0v) is 11.1. The summed E-state index contributed by atoms with van der Waals surface area (Å²) < 4.78 is 0. The van der Waals surface area contributed by atoms with Crippen molar-refractivity contribution in [1.29, 1.82) is 0 Å². The highest BCUT2D eigenvalue weighted by Crippen LogP contribution is 2.19. The van der Waals surface area contributed by atoms with E-state index in [9.17, 15) is 25.1 Å². The van der Waals surface area contributed by atoms with Crippen LogP contribution in [-0.2, 0) is 0 Å². The van der Waals surface area contributed by atoms with Crippen LogP contribution in [0.5, 0.6) is 11.5 Å². The first-order chi connectivity index (χ1) is 10.5. The first kappa shape index (κ1) is 15.0. The number of rotatable bonds is 4. The van der Waals surface area contributed by atoms with E-state index < -0.39 is 16.6 Å². The molecule has 0 radical (unpaired) electrons. The number of nitrogens with one attached hydrogen (secondary N) is 1. The predicted octanol–water partition coefficient (Wildman–Crippen LogP) is 1.14. The van der Waals surface area contributed by atoms with E-state index in [1.165, 1.54) is 24.3 Å². The largest absolute Gasteiger partial charge is 0.872 e. The molecule has 2 rings (SSSR count). The van der Waals surface area contributed by atoms with Gasteiger partial charge in [-0.15, -0.1) is 0 Å². The van der Waals surface area contributed by atoms with E-state index in [2.05, 4.69) is 10.5 Å². The molecule has 22 heavy (non-hydrogen) atoms. The number of hydrogen-bond donors (Lipinski definition) is 2. The van der Waals surface area contributed by atoms with Crippen LogP contribution in [0.3, 0.4) is 0 Å². The van der Waals surface area contributed by atoms with E-state index in [0.717, 1.165) is 24.4 Å². The van der Waals surface area contributed by atoms with Crippen LogP contribution in [0.1, 0.15) is 15.9 Å². The maximum absolute atomic E-state index is 11.7. The molecule has 0 aromatic heterocycles. The zero-order chi connectivity index (χ0) is 16.1. The van der Waals surface area contributed by atoms with Crippen LogP contribution in [0.4, 0.5) is 5.69 Å². The van der Waals surface area contributed by atoms with Gasteiger partial charge in [0.05, 0.1) is 11.1 Å². The molecule has 1 amide bonds. The highest BCUT2D eigenvalue weighted by molar-refractivity contribution is 5.95. The van der Waals surface area contributed by atoms with E-state index in [4.69, 9.17) is 0 Å². The van der Waals surface area contributed by atoms with Gasteiger partial charge in [-0.05, 0) is 23.8 Å². The Hall–Kier alpha value is -3.42. The van der Waals surface area contributed by atoms with E-state index >= 15 is 0 Å². The number of nitro benzene ring substituents is 1. The summed E-state index contributed by atoms with van der Waals surface area (Å²) in [6.45, 7) is 0. The summed E-state index contributed by atoms with van der Waals surface area (Å²) in [6.07, 6.45) is 1.02. The molecule has 0 bridgehead atoms. The minimum Gasteiger partial charge on any atom is -0.872 e. The zero-order valence-electron chi connectivity index (χ0n) is 11.1. The Balaban J connectivity index is 2.11. The molecule has 0 spiro atoms. The maximum Gasteiger partial charge on any atom is 0.271 e. The summed E-state index contributed by atoms with van der Waals surface area (Å²) in [4.78, 5) is 21.7. The molecule has 0 saturated heterocycles. The normalized spacial score (nSPS) is 10.5. The third-order valence-electron chi connectivity index (χ3n) is 2.68. The molecule has 0 aliphatic heterocycles. The van der Waals surface area contributed by atoms with Crippen molar-refractivity contribution in [1.82, 2.24) is 5.43 Å². The van der Waals surface area contributed by atoms with E-state index in [0.29, 0.717) is 0 Å². The van der Waals surface area contributed by atoms with Crippen molar-refractivity contribution >= 4 is 17.8 Å². The van der Waals surface area contributed by atoms with Gasteiger partial charge in [0.15, 0.2) is 0 Å². The molecule has 2 N–H and O–H groups in total. The second kappa shape index (κ2) is 6.35. The van der Waals surface area contributed by atoms with Crippen LogP contribution >= 0.6 is 0 Å². The number of amides is 1. The predicted molar refractivity (Wildman–Crippen MR) is 75.7 cm³/mol. The second-order valence-electron chi connectivity index (χ2n) is 4.23. The Kier molecular flexibility index (Phi) is 4.33. The van der Waals surface area contributed by atoms with Crippen LogP contribution in [0.2, 0.25) is 0 Å². The molecule has 0 aliphatic rings. The van der Waals surface area contributed by atoms with Gasteiger partial charge in [0.2, 0.25) is 0 Å². The summed E-state index contributed by atoms with van der Waals surface area (Å²) in [7, 11) is 0. The van der Waals surface area contributed by atoms with Crippen molar-refractivity contribution in [3.05, 3.63) is 63.7 Å². The Bertz CT molecular complexity index is 758. The minimum absolute atomic E-state index is 0.0228. The molecule has 2 aromatic carbocycles. The quantitative estimate of drug-likeness (QED) is 0.497. The molecule has 0 heterocycles. The standard InChI is InChI=1S/C14H11N3O5/c18-12-3-1-2-9(7-12)14(20)16-15-8-10-6-11(17(21)22)4-5-13(10)19/h1-8,18-19H,(H,16,20)/p-1/b15-8+. The summed E-state index contributed by atoms with van der Waals surface area (Å²) in [5.41, 5.74) is 2.07. The second-order valence-corrected chi connectivity index (χ2v) is 4.23. The van der Waals surface area contributed by atoms with Crippen molar-refractivity contribution in [3.63, 3.8) is 0 Å². The Morgan fingerprint density at radius 1 is 1.27 bits per heavy atom. The van der Waals surface area contributed by atoms with Gasteiger partial charge in [0.1, 0.15) is 5.75 Å². The molecule has 112 valence electrons. The lowest BCUT2D eigenvalue weighted by molar-refractivity contribution is -0.385. The fourth-order valence-electron chi connectivity index (χ4n) is 1.62. The van der Waals surface area contributed by atoms with Crippen LogP contribution < -0.4 is 10.5 Å². The molecule has 2 aromatic rings. The number of non-ortho nitro benzene ring substituents is 1. The molecule has 0 saturated carbocycles. The number of hydrogen-bond acceptors (Lipinski definition) is 6. The number of phenols is 1. The first-order valence-electron chi connectivity index (χ1n) is 6.05. The molecule has 0 atom stereocenters. The summed E-state index contributed by atoms with van der Waals surface area (Å²) in [5, 5.41) is 35.0. The van der Waals surface area contributed by atoms with Crippen LogP contribution in [0, 0.1) is 10.1 Å². The molecular formula is C14H10N3O5-. The molecule has 0 unspecified atom stereocenters. The van der Waals surface area contributed by atoms with Crippen molar-refractivity contribution < 1.29 is 19.9 Å². The van der Waals surface area contributed by atoms with Crippen LogP contribution in [0.15, 0.2) is 47.6 Å². The SMILES string of the molecule is O=C(N/N=C/c1cc([N+](=O)[O-])ccc1[O-])c1cccc(O)c1. The number of hydrazone groups is 1. The van der Waals surface area contributed by atoms with Crippen molar-refractivity contribution in [2.75, 3.05) is 0 Å². The van der Waals surface area contributed by atoms with Crippen molar-refractivity contribution in [3.8, 4) is 11.5 Å². The van der Waals surface area contributed by atoms with Gasteiger partial charge in [-0.2, -0.15) is 5.10 Å². The average Bonchev–Trinajstić information content (AvgIpc) is 2.48. The fourth-order valence-corrected chi connectivity index (χ4v) is 1.62.